The Morgan fingerprint density at radius 2 is 2.22 bits per heavy atom. The Hall–Kier alpha value is -0.450. The zero-order chi connectivity index (χ0) is 12.8. The number of rotatable bonds is 2. The maximum atomic E-state index is 10.6. The lowest BCUT2D eigenvalue weighted by Gasteiger charge is -2.48. The second-order valence-corrected chi connectivity index (χ2v) is 7.00. The largest absolute Gasteiger partial charge is 0.387 e. The number of aliphatic hydroxyl groups is 1. The van der Waals surface area contributed by atoms with E-state index in [9.17, 15) is 5.11 Å². The van der Waals surface area contributed by atoms with Gasteiger partial charge in [-0.3, -0.25) is 0 Å². The molecule has 0 bridgehead atoms. The fourth-order valence-corrected chi connectivity index (χ4v) is 4.30. The van der Waals surface area contributed by atoms with Crippen LogP contribution >= 0.6 is 11.3 Å². The maximum absolute atomic E-state index is 10.6. The van der Waals surface area contributed by atoms with Crippen molar-refractivity contribution >= 4 is 11.3 Å². The third kappa shape index (κ3) is 2.10. The molecule has 1 N–H and O–H groups in total. The standard InChI is InChI=1S/C14H21NO2S/c1-9-13(18-10(2)15-9)12(16)11-4-7-17-14(8-11)5-3-6-14/h11-12,16H,3-8H2,1-2H3. The lowest BCUT2D eigenvalue weighted by Crippen LogP contribution is -2.46. The number of aryl methyl sites for hydroxylation is 2. The zero-order valence-electron chi connectivity index (χ0n) is 11.1. The summed E-state index contributed by atoms with van der Waals surface area (Å²) >= 11 is 1.64. The molecule has 18 heavy (non-hydrogen) atoms. The van der Waals surface area contributed by atoms with Gasteiger partial charge in [0.1, 0.15) is 0 Å². The first-order valence-corrected chi connectivity index (χ1v) is 7.67. The van der Waals surface area contributed by atoms with Crippen LogP contribution in [0.4, 0.5) is 0 Å². The van der Waals surface area contributed by atoms with Crippen molar-refractivity contribution in [1.82, 2.24) is 4.98 Å². The molecule has 2 heterocycles. The molecule has 4 heteroatoms. The molecule has 2 fully saturated rings. The molecule has 0 aromatic carbocycles. The number of aliphatic hydroxyl groups excluding tert-OH is 1. The molecule has 3 nitrogen and oxygen atoms in total. The van der Waals surface area contributed by atoms with Crippen molar-refractivity contribution in [2.24, 2.45) is 5.92 Å². The van der Waals surface area contributed by atoms with Crippen molar-refractivity contribution in [3.63, 3.8) is 0 Å². The van der Waals surface area contributed by atoms with Gasteiger partial charge in [-0.15, -0.1) is 11.3 Å². The lowest BCUT2D eigenvalue weighted by molar-refractivity contribution is -0.157. The zero-order valence-corrected chi connectivity index (χ0v) is 11.9. The Kier molecular flexibility index (Phi) is 3.20. The predicted octanol–water partition coefficient (Wildman–Crippen LogP) is 3.14. The van der Waals surface area contributed by atoms with Crippen molar-refractivity contribution in [3.05, 3.63) is 15.6 Å². The van der Waals surface area contributed by atoms with Gasteiger partial charge in [0.2, 0.25) is 0 Å². The van der Waals surface area contributed by atoms with Gasteiger partial charge >= 0.3 is 0 Å². The van der Waals surface area contributed by atoms with Crippen molar-refractivity contribution in [2.75, 3.05) is 6.61 Å². The van der Waals surface area contributed by atoms with Crippen LogP contribution in [0.1, 0.15) is 53.8 Å². The Balaban J connectivity index is 1.75. The number of hydrogen-bond acceptors (Lipinski definition) is 4. The molecule has 1 saturated carbocycles. The van der Waals surface area contributed by atoms with Crippen LogP contribution in [0, 0.1) is 19.8 Å². The van der Waals surface area contributed by atoms with E-state index in [1.165, 1.54) is 19.3 Å². The average molecular weight is 267 g/mol. The summed E-state index contributed by atoms with van der Waals surface area (Å²) < 4.78 is 5.93. The van der Waals surface area contributed by atoms with Crippen LogP contribution in [0.5, 0.6) is 0 Å². The highest BCUT2D eigenvalue weighted by Crippen LogP contribution is 2.47. The monoisotopic (exact) mass is 267 g/mol. The molecule has 2 atom stereocenters. The first-order valence-electron chi connectivity index (χ1n) is 6.86. The third-order valence-electron chi connectivity index (χ3n) is 4.45. The van der Waals surface area contributed by atoms with Gasteiger partial charge in [-0.1, -0.05) is 0 Å². The minimum atomic E-state index is -0.349. The predicted molar refractivity (Wildman–Crippen MR) is 71.8 cm³/mol. The molecule has 2 aliphatic rings. The Morgan fingerprint density at radius 1 is 1.44 bits per heavy atom. The van der Waals surface area contributed by atoms with Crippen LogP contribution in [-0.2, 0) is 4.74 Å². The van der Waals surface area contributed by atoms with E-state index in [0.717, 1.165) is 35.0 Å². The van der Waals surface area contributed by atoms with Gasteiger partial charge in [-0.05, 0) is 51.9 Å². The number of nitrogens with zero attached hydrogens (tertiary/aromatic N) is 1. The molecular formula is C14H21NO2S. The van der Waals surface area contributed by atoms with Crippen molar-refractivity contribution in [3.8, 4) is 0 Å². The minimum absolute atomic E-state index is 0.109. The van der Waals surface area contributed by atoms with Gasteiger partial charge in [0.15, 0.2) is 0 Å². The van der Waals surface area contributed by atoms with E-state index in [1.54, 1.807) is 11.3 Å². The normalized spacial score (nSPS) is 28.1. The molecule has 0 radical (unpaired) electrons. The molecule has 1 aliphatic heterocycles. The average Bonchev–Trinajstić information content (AvgIpc) is 2.66. The Labute approximate surface area is 112 Å². The minimum Gasteiger partial charge on any atom is -0.387 e. The van der Waals surface area contributed by atoms with Crippen LogP contribution in [0.3, 0.4) is 0 Å². The van der Waals surface area contributed by atoms with Gasteiger partial charge < -0.3 is 9.84 Å². The lowest BCUT2D eigenvalue weighted by atomic mass is 9.70. The molecule has 1 aliphatic carbocycles. The van der Waals surface area contributed by atoms with E-state index in [0.29, 0.717) is 5.92 Å². The summed E-state index contributed by atoms with van der Waals surface area (Å²) in [6.07, 6.45) is 5.27. The van der Waals surface area contributed by atoms with E-state index >= 15 is 0 Å². The maximum Gasteiger partial charge on any atom is 0.0930 e. The quantitative estimate of drug-likeness (QED) is 0.895. The van der Waals surface area contributed by atoms with E-state index < -0.39 is 0 Å². The number of hydrogen-bond donors (Lipinski definition) is 1. The van der Waals surface area contributed by atoms with Crippen LogP contribution in [-0.4, -0.2) is 22.3 Å². The van der Waals surface area contributed by atoms with Crippen molar-refractivity contribution in [2.45, 2.75) is 57.7 Å². The van der Waals surface area contributed by atoms with E-state index in [1.807, 2.05) is 13.8 Å². The highest BCUT2D eigenvalue weighted by molar-refractivity contribution is 7.11. The highest BCUT2D eigenvalue weighted by atomic mass is 32.1. The van der Waals surface area contributed by atoms with Crippen LogP contribution < -0.4 is 0 Å². The second-order valence-electron chi connectivity index (χ2n) is 5.77. The molecule has 1 spiro atoms. The van der Waals surface area contributed by atoms with Gasteiger partial charge in [-0.25, -0.2) is 4.98 Å². The number of thiazole rings is 1. The summed E-state index contributed by atoms with van der Waals surface area (Å²) in [5, 5.41) is 11.7. The molecule has 1 aromatic rings. The summed E-state index contributed by atoms with van der Waals surface area (Å²) in [5.41, 5.74) is 1.11. The number of ether oxygens (including phenoxy) is 1. The molecule has 0 amide bonds. The van der Waals surface area contributed by atoms with Gasteiger partial charge in [0.25, 0.3) is 0 Å². The smallest absolute Gasteiger partial charge is 0.0930 e. The van der Waals surface area contributed by atoms with Crippen molar-refractivity contribution in [1.29, 1.82) is 0 Å². The summed E-state index contributed by atoms with van der Waals surface area (Å²) in [6, 6.07) is 0. The number of aromatic nitrogens is 1. The first-order chi connectivity index (χ1) is 8.60. The third-order valence-corrected chi connectivity index (χ3v) is 5.59. The van der Waals surface area contributed by atoms with Crippen LogP contribution in [0.15, 0.2) is 0 Å². The SMILES string of the molecule is Cc1nc(C)c(C(O)C2CCOC3(CCC3)C2)s1. The van der Waals surface area contributed by atoms with E-state index in [-0.39, 0.29) is 11.7 Å². The van der Waals surface area contributed by atoms with Crippen LogP contribution in [0.25, 0.3) is 0 Å². The molecule has 2 unspecified atom stereocenters. The molecule has 100 valence electrons. The van der Waals surface area contributed by atoms with E-state index in [2.05, 4.69) is 4.98 Å². The topological polar surface area (TPSA) is 42.4 Å². The fraction of sp³-hybridized carbons (Fsp3) is 0.786. The highest BCUT2D eigenvalue weighted by Gasteiger charge is 2.44. The van der Waals surface area contributed by atoms with Gasteiger partial charge in [0, 0.05) is 6.61 Å². The molecule has 1 saturated heterocycles. The summed E-state index contributed by atoms with van der Waals surface area (Å²) in [4.78, 5) is 5.49. The molecule has 1 aromatic heterocycles. The van der Waals surface area contributed by atoms with Gasteiger partial charge in [0.05, 0.1) is 27.3 Å². The summed E-state index contributed by atoms with van der Waals surface area (Å²) in [7, 11) is 0. The first kappa shape index (κ1) is 12.6. The van der Waals surface area contributed by atoms with Crippen LogP contribution in [0.2, 0.25) is 0 Å². The van der Waals surface area contributed by atoms with Gasteiger partial charge in [-0.2, -0.15) is 0 Å². The summed E-state index contributed by atoms with van der Waals surface area (Å²) in [6.45, 7) is 4.81. The van der Waals surface area contributed by atoms with Crippen molar-refractivity contribution < 1.29 is 9.84 Å². The van der Waals surface area contributed by atoms with E-state index in [4.69, 9.17) is 4.74 Å². The molecular weight excluding hydrogens is 246 g/mol. The second kappa shape index (κ2) is 4.58. The Bertz CT molecular complexity index is 439. The molecule has 3 rings (SSSR count). The Morgan fingerprint density at radius 3 is 2.78 bits per heavy atom. The fourth-order valence-electron chi connectivity index (χ4n) is 3.29. The summed E-state index contributed by atoms with van der Waals surface area (Å²) in [5.74, 6) is 0.345.